The zero-order chi connectivity index (χ0) is 5.54. The maximum atomic E-state index is 3.65. The molecule has 0 saturated heterocycles. The van der Waals surface area contributed by atoms with Crippen LogP contribution in [0.1, 0.15) is 0 Å². The second-order valence-corrected chi connectivity index (χ2v) is 5.46. The summed E-state index contributed by atoms with van der Waals surface area (Å²) in [6.07, 6.45) is 4.04. The summed E-state index contributed by atoms with van der Waals surface area (Å²) >= 11 is -0.235. The van der Waals surface area contributed by atoms with Crippen molar-refractivity contribution in [3.05, 3.63) is 25.3 Å². The SMILES string of the molecule is C=C[CH2][Nd+][CH2]C=C.[Cl-]. The summed E-state index contributed by atoms with van der Waals surface area (Å²) in [5.41, 5.74) is 0. The molecule has 0 nitrogen and oxygen atoms in total. The molecule has 0 unspecified atom stereocenters. The molecule has 0 N–H and O–H groups in total. The van der Waals surface area contributed by atoms with Crippen LogP contribution in [0.25, 0.3) is 0 Å². The average Bonchev–Trinajstić information content (AvgIpc) is 1.69. The molecule has 0 fully saturated rings. The van der Waals surface area contributed by atoms with E-state index < -0.39 is 0 Å². The molecule has 0 saturated carbocycles. The Kier molecular flexibility index (Phi) is 16.3. The van der Waals surface area contributed by atoms with Gasteiger partial charge < -0.3 is 12.4 Å². The minimum Gasteiger partial charge on any atom is -1.00 e. The van der Waals surface area contributed by atoms with E-state index >= 15 is 0 Å². The molecule has 0 amide bonds. The van der Waals surface area contributed by atoms with Gasteiger partial charge in [-0.05, 0) is 0 Å². The smallest absolute Gasteiger partial charge is 1.00 e. The van der Waals surface area contributed by atoms with E-state index in [1.807, 2.05) is 12.2 Å². The third kappa shape index (κ3) is 10.2. The predicted molar refractivity (Wildman–Crippen MR) is 30.0 cm³/mol. The molecule has 2 heteroatoms. The van der Waals surface area contributed by atoms with E-state index in [0.29, 0.717) is 0 Å². The van der Waals surface area contributed by atoms with Crippen LogP contribution >= 0.6 is 0 Å². The van der Waals surface area contributed by atoms with Crippen LogP contribution in [0, 0.1) is 36.7 Å². The van der Waals surface area contributed by atoms with Gasteiger partial charge in [-0.25, -0.2) is 0 Å². The Labute approximate surface area is 77.5 Å². The van der Waals surface area contributed by atoms with Crippen molar-refractivity contribution < 1.29 is 49.1 Å². The van der Waals surface area contributed by atoms with Gasteiger partial charge in [0.2, 0.25) is 0 Å². The van der Waals surface area contributed by atoms with Crippen LogP contribution < -0.4 is 12.4 Å². The van der Waals surface area contributed by atoms with E-state index in [9.17, 15) is 0 Å². The first-order valence-corrected chi connectivity index (χ1v) is 6.88. The summed E-state index contributed by atoms with van der Waals surface area (Å²) in [7, 11) is 0. The standard InChI is InChI=1S/2C3H5.ClH.Nd/c2*1-3-2;;/h2*3H,1-2H2;1H;/q;;;+1/p-1. The van der Waals surface area contributed by atoms with Crippen molar-refractivity contribution in [2.45, 2.75) is 4.14 Å². The fraction of sp³-hybridized carbons (Fsp3) is 0.333. The molecule has 0 aliphatic rings. The molecular formula is C6H10ClNd. The van der Waals surface area contributed by atoms with Gasteiger partial charge in [0.25, 0.3) is 0 Å². The molecule has 0 aliphatic heterocycles. The third-order valence-corrected chi connectivity index (χ3v) is 4.28. The zero-order valence-corrected chi connectivity index (χ0v) is 8.83. The second-order valence-electron chi connectivity index (χ2n) is 1.24. The van der Waals surface area contributed by atoms with Crippen LogP contribution in [0.2, 0.25) is 4.14 Å². The fourth-order valence-electron chi connectivity index (χ4n) is 0.287. The second kappa shape index (κ2) is 11.0. The van der Waals surface area contributed by atoms with Crippen molar-refractivity contribution in [2.24, 2.45) is 0 Å². The van der Waals surface area contributed by atoms with E-state index in [1.54, 1.807) is 0 Å². The van der Waals surface area contributed by atoms with Crippen LogP contribution in [0.15, 0.2) is 25.3 Å². The maximum absolute atomic E-state index is 3.65. The molecule has 0 aromatic carbocycles. The molecule has 0 aliphatic carbocycles. The van der Waals surface area contributed by atoms with Crippen LogP contribution in [-0.2, 0) is 0 Å². The van der Waals surface area contributed by atoms with Gasteiger partial charge in [-0.1, -0.05) is 0 Å². The molecule has 0 atom stereocenters. The van der Waals surface area contributed by atoms with Crippen LogP contribution in [0.3, 0.4) is 0 Å². The summed E-state index contributed by atoms with van der Waals surface area (Å²) < 4.78 is 2.62. The van der Waals surface area contributed by atoms with Gasteiger partial charge in [0.05, 0.1) is 0 Å². The molecule has 0 radical (unpaired) electrons. The van der Waals surface area contributed by atoms with E-state index in [-0.39, 0.29) is 49.1 Å². The molecule has 0 aromatic heterocycles. The number of hydrogen-bond donors (Lipinski definition) is 0. The molecular weight excluding hydrogens is 252 g/mol. The Morgan fingerprint density at radius 1 is 1.12 bits per heavy atom. The van der Waals surface area contributed by atoms with E-state index in [2.05, 4.69) is 13.2 Å². The van der Waals surface area contributed by atoms with Crippen LogP contribution in [0.4, 0.5) is 0 Å². The average molecular weight is 262 g/mol. The predicted octanol–water partition coefficient (Wildman–Crippen LogP) is -0.716. The molecule has 0 aromatic rings. The molecule has 45 valence electrons. The first-order valence-electron chi connectivity index (χ1n) is 2.34. The zero-order valence-electron chi connectivity index (χ0n) is 4.86. The Morgan fingerprint density at radius 2 is 1.50 bits per heavy atom. The van der Waals surface area contributed by atoms with Crippen molar-refractivity contribution in [1.29, 1.82) is 0 Å². The van der Waals surface area contributed by atoms with Gasteiger partial charge in [-0.15, -0.1) is 0 Å². The van der Waals surface area contributed by atoms with Crippen molar-refractivity contribution in [3.8, 4) is 0 Å². The summed E-state index contributed by atoms with van der Waals surface area (Å²) in [6.45, 7) is 7.29. The summed E-state index contributed by atoms with van der Waals surface area (Å²) in [5.74, 6) is 0. The number of rotatable bonds is 4. The Hall–Kier alpha value is 1.12. The largest absolute Gasteiger partial charge is 1.00 e. The molecule has 0 bridgehead atoms. The summed E-state index contributed by atoms with van der Waals surface area (Å²) in [6, 6.07) is 0. The molecule has 0 rings (SSSR count). The quantitative estimate of drug-likeness (QED) is 0.463. The first-order chi connectivity index (χ1) is 3.41. The fourth-order valence-corrected chi connectivity index (χ4v) is 2.13. The molecule has 0 spiro atoms. The van der Waals surface area contributed by atoms with Crippen molar-refractivity contribution in [3.63, 3.8) is 0 Å². The van der Waals surface area contributed by atoms with Crippen molar-refractivity contribution >= 4 is 0 Å². The first kappa shape index (κ1) is 11.9. The summed E-state index contributed by atoms with van der Waals surface area (Å²) in [4.78, 5) is 0. The minimum atomic E-state index is -0.235. The van der Waals surface area contributed by atoms with E-state index in [0.717, 1.165) is 0 Å². The number of halogens is 1. The topological polar surface area (TPSA) is 0 Å². The van der Waals surface area contributed by atoms with Crippen LogP contribution in [0.5, 0.6) is 0 Å². The van der Waals surface area contributed by atoms with Crippen molar-refractivity contribution in [1.82, 2.24) is 0 Å². The normalized spacial score (nSPS) is 6.00. The number of allylic oxidation sites excluding steroid dienone is 2. The van der Waals surface area contributed by atoms with E-state index in [1.165, 1.54) is 4.14 Å². The van der Waals surface area contributed by atoms with Crippen molar-refractivity contribution in [2.75, 3.05) is 0 Å². The minimum absolute atomic E-state index is 0. The monoisotopic (exact) mass is 259 g/mol. The van der Waals surface area contributed by atoms with Crippen LogP contribution in [-0.4, -0.2) is 0 Å². The van der Waals surface area contributed by atoms with Gasteiger partial charge in [-0.2, -0.15) is 0 Å². The third-order valence-electron chi connectivity index (χ3n) is 0.577. The van der Waals surface area contributed by atoms with E-state index in [4.69, 9.17) is 0 Å². The Balaban J connectivity index is 0. The number of hydrogen-bond acceptors (Lipinski definition) is 0. The Bertz CT molecular complexity index is 53.5. The molecule has 8 heavy (non-hydrogen) atoms. The van der Waals surface area contributed by atoms with Gasteiger partial charge in [-0.3, -0.25) is 0 Å². The molecule has 0 heterocycles. The van der Waals surface area contributed by atoms with Gasteiger partial charge in [0, 0.05) is 0 Å². The summed E-state index contributed by atoms with van der Waals surface area (Å²) in [5, 5.41) is 0. The maximum Gasteiger partial charge on any atom is -1.00 e. The Morgan fingerprint density at radius 3 is 1.75 bits per heavy atom. The van der Waals surface area contributed by atoms with Gasteiger partial charge >= 0.3 is 66.2 Å². The van der Waals surface area contributed by atoms with Gasteiger partial charge in [0.15, 0.2) is 0 Å². The van der Waals surface area contributed by atoms with Gasteiger partial charge in [0.1, 0.15) is 0 Å².